The van der Waals surface area contributed by atoms with Crippen molar-refractivity contribution in [2.45, 2.75) is 50.4 Å². The average molecular weight is 388 g/mol. The molecule has 2 aromatic carbocycles. The maximum absolute atomic E-state index is 6.75. The first-order valence-electron chi connectivity index (χ1n) is 10.7. The second-order valence-corrected chi connectivity index (χ2v) is 8.59. The Morgan fingerprint density at radius 2 is 1.86 bits per heavy atom. The van der Waals surface area contributed by atoms with Crippen molar-refractivity contribution < 1.29 is 4.74 Å². The van der Waals surface area contributed by atoms with Gasteiger partial charge in [0.2, 0.25) is 0 Å². The summed E-state index contributed by atoms with van der Waals surface area (Å²) in [6.45, 7) is 2.80. The van der Waals surface area contributed by atoms with Gasteiger partial charge in [-0.05, 0) is 56.5 Å². The third-order valence-corrected chi connectivity index (χ3v) is 6.64. The molecule has 0 amide bonds. The zero-order chi connectivity index (χ0) is 19.7. The van der Waals surface area contributed by atoms with Crippen LogP contribution in [0.25, 0.3) is 10.9 Å². The second kappa shape index (κ2) is 7.77. The summed E-state index contributed by atoms with van der Waals surface area (Å²) >= 11 is 0. The Balaban J connectivity index is 1.47. The molecule has 1 saturated carbocycles. The summed E-state index contributed by atoms with van der Waals surface area (Å²) in [6.07, 6.45) is 6.48. The first-order valence-corrected chi connectivity index (χ1v) is 10.7. The van der Waals surface area contributed by atoms with E-state index in [-0.39, 0.29) is 5.60 Å². The summed E-state index contributed by atoms with van der Waals surface area (Å²) in [6, 6.07) is 19.8. The van der Waals surface area contributed by atoms with Gasteiger partial charge in [-0.15, -0.1) is 0 Å². The van der Waals surface area contributed by atoms with E-state index in [1.807, 2.05) is 6.20 Å². The van der Waals surface area contributed by atoms with E-state index in [0.29, 0.717) is 6.04 Å². The van der Waals surface area contributed by atoms with E-state index in [4.69, 9.17) is 4.74 Å². The Labute approximate surface area is 172 Å². The van der Waals surface area contributed by atoms with E-state index >= 15 is 0 Å². The van der Waals surface area contributed by atoms with Gasteiger partial charge >= 0.3 is 0 Å². The molecule has 1 aliphatic heterocycles. The van der Waals surface area contributed by atoms with Crippen LogP contribution in [0, 0.1) is 0 Å². The molecule has 1 fully saturated rings. The largest absolute Gasteiger partial charge is 0.486 e. The minimum absolute atomic E-state index is 0.0945. The van der Waals surface area contributed by atoms with Gasteiger partial charge in [-0.3, -0.25) is 9.88 Å². The Morgan fingerprint density at radius 1 is 1.07 bits per heavy atom. The van der Waals surface area contributed by atoms with Gasteiger partial charge < -0.3 is 10.1 Å². The van der Waals surface area contributed by atoms with E-state index in [9.17, 15) is 0 Å². The topological polar surface area (TPSA) is 37.4 Å². The minimum Gasteiger partial charge on any atom is -0.486 e. The quantitative estimate of drug-likeness (QED) is 0.716. The van der Waals surface area contributed by atoms with Crippen molar-refractivity contribution in [1.82, 2.24) is 15.2 Å². The zero-order valence-corrected chi connectivity index (χ0v) is 17.1. The Hall–Kier alpha value is -2.43. The number of hydrogen-bond donors (Lipinski definition) is 1. The van der Waals surface area contributed by atoms with Crippen molar-refractivity contribution in [1.29, 1.82) is 0 Å². The van der Waals surface area contributed by atoms with Gasteiger partial charge in [0.25, 0.3) is 0 Å². The predicted octanol–water partition coefficient (Wildman–Crippen LogP) is 4.53. The molecule has 0 radical (unpaired) electrons. The fraction of sp³-hybridized carbons (Fsp3) is 0.400. The third kappa shape index (κ3) is 3.75. The van der Waals surface area contributed by atoms with Crippen LogP contribution in [0.3, 0.4) is 0 Å². The average Bonchev–Trinajstić information content (AvgIpc) is 2.90. The molecule has 1 aliphatic carbocycles. The van der Waals surface area contributed by atoms with E-state index in [0.717, 1.165) is 43.7 Å². The molecule has 4 nitrogen and oxygen atoms in total. The van der Waals surface area contributed by atoms with E-state index in [1.165, 1.54) is 29.4 Å². The van der Waals surface area contributed by atoms with Crippen molar-refractivity contribution in [2.75, 3.05) is 13.6 Å². The predicted molar refractivity (Wildman–Crippen MR) is 117 cm³/mol. The van der Waals surface area contributed by atoms with Gasteiger partial charge in [-0.25, -0.2) is 0 Å². The van der Waals surface area contributed by atoms with E-state index in [2.05, 4.69) is 76.8 Å². The Bertz CT molecular complexity index is 989. The molecule has 2 heterocycles. The Morgan fingerprint density at radius 3 is 2.72 bits per heavy atom. The molecule has 1 aromatic heterocycles. The Kier molecular flexibility index (Phi) is 4.98. The van der Waals surface area contributed by atoms with Crippen LogP contribution in [-0.2, 0) is 13.1 Å². The number of benzene rings is 2. The summed E-state index contributed by atoms with van der Waals surface area (Å²) in [7, 11) is 2.08. The fourth-order valence-electron chi connectivity index (χ4n) is 5.04. The highest BCUT2D eigenvalue weighted by Gasteiger charge is 2.40. The highest BCUT2D eigenvalue weighted by molar-refractivity contribution is 5.81. The van der Waals surface area contributed by atoms with Crippen molar-refractivity contribution in [2.24, 2.45) is 0 Å². The number of aromatic nitrogens is 1. The number of nitrogens with zero attached hydrogens (tertiary/aromatic N) is 2. The summed E-state index contributed by atoms with van der Waals surface area (Å²) in [4.78, 5) is 7.12. The number of fused-ring (bicyclic) bond motifs is 2. The molecule has 0 unspecified atom stereocenters. The minimum atomic E-state index is -0.0945. The second-order valence-electron chi connectivity index (χ2n) is 8.59. The van der Waals surface area contributed by atoms with Crippen LogP contribution in [0.2, 0.25) is 0 Å². The fourth-order valence-corrected chi connectivity index (χ4v) is 5.04. The zero-order valence-electron chi connectivity index (χ0n) is 17.1. The molecule has 1 N–H and O–H groups in total. The molecular weight excluding hydrogens is 358 g/mol. The van der Waals surface area contributed by atoms with Gasteiger partial charge in [-0.2, -0.15) is 0 Å². The maximum Gasteiger partial charge on any atom is 0.124 e. The lowest BCUT2D eigenvalue weighted by Gasteiger charge is -2.41. The highest BCUT2D eigenvalue weighted by atomic mass is 16.5. The first-order chi connectivity index (χ1) is 14.2. The van der Waals surface area contributed by atoms with E-state index in [1.54, 1.807) is 0 Å². The van der Waals surface area contributed by atoms with Crippen molar-refractivity contribution in [3.63, 3.8) is 0 Å². The van der Waals surface area contributed by atoms with E-state index < -0.39 is 0 Å². The first kappa shape index (κ1) is 18.6. The molecule has 5 rings (SSSR count). The molecule has 0 saturated heterocycles. The van der Waals surface area contributed by atoms with Crippen molar-refractivity contribution in [3.05, 3.63) is 71.9 Å². The number of rotatable bonds is 3. The summed E-state index contributed by atoms with van der Waals surface area (Å²) in [5, 5.41) is 4.71. The molecule has 150 valence electrons. The van der Waals surface area contributed by atoms with Crippen LogP contribution in [0.15, 0.2) is 60.8 Å². The summed E-state index contributed by atoms with van der Waals surface area (Å²) in [5.74, 6) is 1.07. The number of pyridine rings is 1. The lowest BCUT2D eigenvalue weighted by Crippen LogP contribution is -2.50. The molecule has 3 aromatic rings. The maximum atomic E-state index is 6.75. The summed E-state index contributed by atoms with van der Waals surface area (Å²) in [5.41, 5.74) is 3.61. The number of para-hydroxylation sites is 2. The number of ether oxygens (including phenoxy) is 1. The molecule has 0 bridgehead atoms. The van der Waals surface area contributed by atoms with Crippen LogP contribution in [-0.4, -0.2) is 35.1 Å². The van der Waals surface area contributed by atoms with Gasteiger partial charge in [-0.1, -0.05) is 36.4 Å². The van der Waals surface area contributed by atoms with Crippen LogP contribution in [0.5, 0.6) is 5.75 Å². The SMILES string of the molecule is CNC1CCC2(CC1)CN(Cc1ccnc3ccccc13)Cc1ccccc1O2. The van der Waals surface area contributed by atoms with Gasteiger partial charge in [0.15, 0.2) is 0 Å². The molecule has 29 heavy (non-hydrogen) atoms. The van der Waals surface area contributed by atoms with Crippen molar-refractivity contribution >= 4 is 10.9 Å². The lowest BCUT2D eigenvalue weighted by atomic mass is 9.81. The van der Waals surface area contributed by atoms with Gasteiger partial charge in [0.1, 0.15) is 11.4 Å². The standard InChI is InChI=1S/C25H29N3O/c1-26-21-10-13-25(14-11-21)18-28(17-20-6-2-5-9-24(20)29-25)16-19-12-15-27-23-8-4-3-7-22(19)23/h2-9,12,15,21,26H,10-11,13-14,16-18H2,1H3. The molecular formula is C25H29N3O. The van der Waals surface area contributed by atoms with Crippen LogP contribution in [0.4, 0.5) is 0 Å². The van der Waals surface area contributed by atoms with Crippen molar-refractivity contribution in [3.8, 4) is 5.75 Å². The van der Waals surface area contributed by atoms with Crippen LogP contribution < -0.4 is 10.1 Å². The number of nitrogens with one attached hydrogen (secondary N) is 1. The lowest BCUT2D eigenvalue weighted by molar-refractivity contribution is -0.00313. The molecule has 4 heteroatoms. The molecule has 0 atom stereocenters. The summed E-state index contributed by atoms with van der Waals surface area (Å²) < 4.78 is 6.75. The number of hydrogen-bond acceptors (Lipinski definition) is 4. The monoisotopic (exact) mass is 387 g/mol. The normalized spacial score (nSPS) is 24.8. The molecule has 1 spiro atoms. The van der Waals surface area contributed by atoms with Gasteiger partial charge in [0.05, 0.1) is 5.52 Å². The molecule has 2 aliphatic rings. The highest BCUT2D eigenvalue weighted by Crippen LogP contribution is 2.38. The third-order valence-electron chi connectivity index (χ3n) is 6.64. The van der Waals surface area contributed by atoms with Crippen LogP contribution in [0.1, 0.15) is 36.8 Å². The van der Waals surface area contributed by atoms with Crippen LogP contribution >= 0.6 is 0 Å². The van der Waals surface area contributed by atoms with Gasteiger partial charge in [0, 0.05) is 42.8 Å². The smallest absolute Gasteiger partial charge is 0.124 e.